The first-order valence-corrected chi connectivity index (χ1v) is 11.4. The molecule has 0 unspecified atom stereocenters. The van der Waals surface area contributed by atoms with Gasteiger partial charge < -0.3 is 24.1 Å². The van der Waals surface area contributed by atoms with Crippen molar-refractivity contribution in [3.05, 3.63) is 90.8 Å². The zero-order valence-corrected chi connectivity index (χ0v) is 20.5. The number of hydrogen-bond acceptors (Lipinski definition) is 8. The molecule has 1 amide bonds. The molecule has 0 spiro atoms. The number of nitrogens with one attached hydrogen (secondary N) is 1. The van der Waals surface area contributed by atoms with Crippen LogP contribution in [0, 0.1) is 11.6 Å². The molecule has 3 aromatic carbocycles. The van der Waals surface area contributed by atoms with Gasteiger partial charge in [-0.3, -0.25) is 9.59 Å². The molecule has 0 saturated heterocycles. The number of imidazole rings is 1. The number of carbonyl (C=O) groups is 2. The van der Waals surface area contributed by atoms with E-state index in [1.165, 1.54) is 20.5 Å². The molecule has 0 aliphatic carbocycles. The van der Waals surface area contributed by atoms with Crippen LogP contribution in [0.1, 0.15) is 10.4 Å². The summed E-state index contributed by atoms with van der Waals surface area (Å²) in [5.74, 6) is -4.68. The van der Waals surface area contributed by atoms with Crippen molar-refractivity contribution in [1.29, 1.82) is 0 Å². The number of aromatic nitrogens is 4. The molecule has 0 atom stereocenters. The Morgan fingerprint density at radius 3 is 2.26 bits per heavy atom. The van der Waals surface area contributed by atoms with E-state index in [0.29, 0.717) is 22.4 Å². The fourth-order valence-electron chi connectivity index (χ4n) is 3.81. The van der Waals surface area contributed by atoms with Crippen LogP contribution in [0.25, 0.3) is 16.6 Å². The van der Waals surface area contributed by atoms with Gasteiger partial charge in [0.15, 0.2) is 11.5 Å². The predicted molar refractivity (Wildman–Crippen MR) is 136 cm³/mol. The number of ether oxygens (including phenoxy) is 3. The molecule has 2 aromatic heterocycles. The summed E-state index contributed by atoms with van der Waals surface area (Å²) in [5.41, 5.74) is 0.438. The van der Waals surface area contributed by atoms with E-state index in [-0.39, 0.29) is 17.3 Å². The third-order valence-corrected chi connectivity index (χ3v) is 5.70. The van der Waals surface area contributed by atoms with Crippen molar-refractivity contribution in [3.63, 3.8) is 0 Å². The number of anilines is 1. The summed E-state index contributed by atoms with van der Waals surface area (Å²) >= 11 is 0. The van der Waals surface area contributed by atoms with E-state index in [2.05, 4.69) is 20.3 Å². The quantitative estimate of drug-likeness (QED) is 0.226. The van der Waals surface area contributed by atoms with Crippen molar-refractivity contribution in [1.82, 2.24) is 19.5 Å². The lowest BCUT2D eigenvalue weighted by atomic mass is 10.1. The monoisotopic (exact) mass is 531 g/mol. The molecule has 5 aromatic rings. The van der Waals surface area contributed by atoms with Gasteiger partial charge in [0.2, 0.25) is 5.88 Å². The summed E-state index contributed by atoms with van der Waals surface area (Å²) in [7, 11) is 2.91. The van der Waals surface area contributed by atoms with Gasteiger partial charge in [0.1, 0.15) is 23.7 Å². The highest BCUT2D eigenvalue weighted by Gasteiger charge is 2.26. The van der Waals surface area contributed by atoms with E-state index in [9.17, 15) is 18.4 Å². The lowest BCUT2D eigenvalue weighted by Gasteiger charge is -2.12. The maximum absolute atomic E-state index is 14.9. The fourth-order valence-corrected chi connectivity index (χ4v) is 3.81. The van der Waals surface area contributed by atoms with Crippen molar-refractivity contribution < 1.29 is 32.6 Å². The molecule has 2 heterocycles. The summed E-state index contributed by atoms with van der Waals surface area (Å²) in [5, 5.41) is 2.73. The highest BCUT2D eigenvalue weighted by molar-refractivity contribution is 6.46. The van der Waals surface area contributed by atoms with Gasteiger partial charge >= 0.3 is 0 Å². The number of hydrogen-bond donors (Lipinski definition) is 1. The molecule has 1 N–H and O–H groups in total. The molecule has 196 valence electrons. The Bertz CT molecular complexity index is 1670. The molecular formula is C27H19F2N5O5. The summed E-state index contributed by atoms with van der Waals surface area (Å²) in [6.45, 7) is 0. The minimum absolute atomic E-state index is 0.0179. The van der Waals surface area contributed by atoms with E-state index in [0.717, 1.165) is 17.8 Å². The van der Waals surface area contributed by atoms with Crippen LogP contribution < -0.4 is 19.5 Å². The number of amides is 1. The molecule has 0 bridgehead atoms. The van der Waals surface area contributed by atoms with Crippen LogP contribution in [0.4, 0.5) is 14.5 Å². The predicted octanol–water partition coefficient (Wildman–Crippen LogP) is 4.72. The normalized spacial score (nSPS) is 10.8. The van der Waals surface area contributed by atoms with E-state index < -0.39 is 28.9 Å². The van der Waals surface area contributed by atoms with E-state index in [1.54, 1.807) is 59.7 Å². The van der Waals surface area contributed by atoms with Gasteiger partial charge in [-0.15, -0.1) is 0 Å². The summed E-state index contributed by atoms with van der Waals surface area (Å²) in [6, 6.07) is 11.2. The Morgan fingerprint density at radius 2 is 1.62 bits per heavy atom. The smallest absolute Gasteiger partial charge is 0.296 e. The Hall–Kier alpha value is -5.39. The van der Waals surface area contributed by atoms with Crippen LogP contribution in [0.15, 0.2) is 73.6 Å². The van der Waals surface area contributed by atoms with Gasteiger partial charge in [-0.2, -0.15) is 0 Å². The Morgan fingerprint density at radius 1 is 0.923 bits per heavy atom. The molecule has 0 aliphatic heterocycles. The minimum Gasteiger partial charge on any atom is -0.493 e. The zero-order valence-electron chi connectivity index (χ0n) is 20.5. The third kappa shape index (κ3) is 5.07. The SMILES string of the molecule is COc1cc2ncnc(Oc3cc(F)c(C(=O)C(=O)Nc4ccc(-n5ccnc5)cc4)c(F)c3)c2cc1OC. The second-order valence-electron chi connectivity index (χ2n) is 8.07. The average molecular weight is 531 g/mol. The molecule has 12 heteroatoms. The number of methoxy groups -OCH3 is 2. The number of rotatable bonds is 8. The molecule has 10 nitrogen and oxygen atoms in total. The zero-order chi connectivity index (χ0) is 27.5. The fraction of sp³-hybridized carbons (Fsp3) is 0.0741. The van der Waals surface area contributed by atoms with Crippen molar-refractivity contribution in [2.24, 2.45) is 0 Å². The molecule has 0 aliphatic rings. The number of benzene rings is 3. The Labute approximate surface area is 219 Å². The van der Waals surface area contributed by atoms with Crippen molar-refractivity contribution in [2.75, 3.05) is 19.5 Å². The molecule has 39 heavy (non-hydrogen) atoms. The first kappa shape index (κ1) is 25.3. The lowest BCUT2D eigenvalue weighted by Crippen LogP contribution is -2.25. The average Bonchev–Trinajstić information content (AvgIpc) is 3.47. The van der Waals surface area contributed by atoms with E-state index in [1.807, 2.05) is 0 Å². The first-order chi connectivity index (χ1) is 18.9. The number of halogens is 2. The van der Waals surface area contributed by atoms with E-state index >= 15 is 0 Å². The number of carbonyl (C=O) groups excluding carboxylic acids is 2. The molecule has 0 saturated carbocycles. The van der Waals surface area contributed by atoms with Gasteiger partial charge in [-0.1, -0.05) is 0 Å². The van der Waals surface area contributed by atoms with Crippen LogP contribution in [-0.4, -0.2) is 45.4 Å². The summed E-state index contributed by atoms with van der Waals surface area (Å²) in [4.78, 5) is 37.2. The van der Waals surface area contributed by atoms with Gasteiger partial charge in [-0.25, -0.2) is 23.7 Å². The highest BCUT2D eigenvalue weighted by Crippen LogP contribution is 2.36. The largest absolute Gasteiger partial charge is 0.493 e. The van der Waals surface area contributed by atoms with Gasteiger partial charge in [-0.05, 0) is 30.3 Å². The van der Waals surface area contributed by atoms with Crippen molar-refractivity contribution >= 4 is 28.3 Å². The topological polar surface area (TPSA) is 117 Å². The lowest BCUT2D eigenvalue weighted by molar-refractivity contribution is -0.112. The molecular weight excluding hydrogens is 512 g/mol. The third-order valence-electron chi connectivity index (χ3n) is 5.70. The van der Waals surface area contributed by atoms with Crippen molar-refractivity contribution in [2.45, 2.75) is 0 Å². The van der Waals surface area contributed by atoms with Crippen LogP contribution in [-0.2, 0) is 4.79 Å². The van der Waals surface area contributed by atoms with Gasteiger partial charge in [0.25, 0.3) is 11.7 Å². The number of ketones is 1. The number of fused-ring (bicyclic) bond motifs is 1. The minimum atomic E-state index is -1.39. The number of nitrogens with zero attached hydrogens (tertiary/aromatic N) is 4. The van der Waals surface area contributed by atoms with Crippen LogP contribution in [0.5, 0.6) is 23.1 Å². The second-order valence-corrected chi connectivity index (χ2v) is 8.07. The number of Topliss-reactive ketones (excluding diaryl/α,β-unsaturated/α-hetero) is 1. The summed E-state index contributed by atoms with van der Waals surface area (Å²) < 4.78 is 47.7. The van der Waals surface area contributed by atoms with Crippen LogP contribution in [0.3, 0.4) is 0 Å². The van der Waals surface area contributed by atoms with Crippen LogP contribution >= 0.6 is 0 Å². The highest BCUT2D eigenvalue weighted by atomic mass is 19.1. The van der Waals surface area contributed by atoms with E-state index in [4.69, 9.17) is 14.2 Å². The standard InChI is InChI=1S/C27H19F2N5O5/c1-37-22-11-18-21(12-23(22)38-2)31-13-32-27(18)39-17-9-19(28)24(20(29)10-17)25(35)26(36)33-15-3-5-16(6-4-15)34-8-7-30-14-34/h3-14H,1-2H3,(H,33,36). The maximum Gasteiger partial charge on any atom is 0.296 e. The maximum atomic E-state index is 14.9. The van der Waals surface area contributed by atoms with Gasteiger partial charge in [0, 0.05) is 42.0 Å². The summed E-state index contributed by atoms with van der Waals surface area (Å²) in [6.07, 6.45) is 6.15. The molecule has 0 radical (unpaired) electrons. The second kappa shape index (κ2) is 10.5. The molecule has 5 rings (SSSR count). The van der Waals surface area contributed by atoms with Crippen molar-refractivity contribution in [3.8, 4) is 28.8 Å². The molecule has 0 fully saturated rings. The van der Waals surface area contributed by atoms with Gasteiger partial charge in [0.05, 0.1) is 37.0 Å². The Balaban J connectivity index is 1.36. The first-order valence-electron chi connectivity index (χ1n) is 11.4. The Kier molecular flexibility index (Phi) is 6.83. The van der Waals surface area contributed by atoms with Crippen LogP contribution in [0.2, 0.25) is 0 Å².